The largest absolute Gasteiger partial charge is 0.478 e. The van der Waals surface area contributed by atoms with Crippen LogP contribution in [0.2, 0.25) is 0 Å². The van der Waals surface area contributed by atoms with Crippen molar-refractivity contribution in [1.82, 2.24) is 4.98 Å². The second kappa shape index (κ2) is 8.91. The number of benzene rings is 2. The Hall–Kier alpha value is -3.14. The van der Waals surface area contributed by atoms with Gasteiger partial charge in [-0.3, -0.25) is 0 Å². The molecule has 1 aliphatic carbocycles. The van der Waals surface area contributed by atoms with Crippen LogP contribution in [0, 0.1) is 5.92 Å². The first-order chi connectivity index (χ1) is 14.2. The molecular formula is C25H26N2O2. The van der Waals surface area contributed by atoms with Crippen molar-refractivity contribution in [2.45, 2.75) is 32.1 Å². The predicted octanol–water partition coefficient (Wildman–Crippen LogP) is 6.05. The van der Waals surface area contributed by atoms with Gasteiger partial charge in [-0.05, 0) is 60.7 Å². The summed E-state index contributed by atoms with van der Waals surface area (Å²) in [5.74, 6) is 0.648. The first-order valence-corrected chi connectivity index (χ1v) is 10.3. The van der Waals surface area contributed by atoms with Crippen LogP contribution in [0.25, 0.3) is 17.0 Å². The van der Waals surface area contributed by atoms with E-state index in [1.807, 2.05) is 36.4 Å². The van der Waals surface area contributed by atoms with Gasteiger partial charge in [0, 0.05) is 23.7 Å². The molecule has 0 spiro atoms. The summed E-state index contributed by atoms with van der Waals surface area (Å²) in [5.41, 5.74) is 2.91. The number of carboxylic acids is 1. The zero-order valence-corrected chi connectivity index (χ0v) is 16.5. The number of hydrogen-bond acceptors (Lipinski definition) is 3. The van der Waals surface area contributed by atoms with Gasteiger partial charge in [-0.1, -0.05) is 49.6 Å². The van der Waals surface area contributed by atoms with E-state index in [0.717, 1.165) is 34.5 Å². The molecule has 3 aromatic rings. The lowest BCUT2D eigenvalue weighted by Crippen LogP contribution is -2.27. The number of para-hydroxylation sites is 1. The smallest absolute Gasteiger partial charge is 0.328 e. The molecule has 4 heteroatoms. The average Bonchev–Trinajstić information content (AvgIpc) is 2.76. The van der Waals surface area contributed by atoms with E-state index in [0.29, 0.717) is 5.92 Å². The van der Waals surface area contributed by atoms with Crippen molar-refractivity contribution in [3.63, 3.8) is 0 Å². The summed E-state index contributed by atoms with van der Waals surface area (Å²) in [6, 6.07) is 20.4. The fraction of sp³-hybridized carbons (Fsp3) is 0.280. The minimum atomic E-state index is -0.939. The normalized spacial score (nSPS) is 15.0. The predicted molar refractivity (Wildman–Crippen MR) is 118 cm³/mol. The Labute approximate surface area is 171 Å². The summed E-state index contributed by atoms with van der Waals surface area (Å²) in [6.07, 6.45) is 9.25. The van der Waals surface area contributed by atoms with E-state index in [9.17, 15) is 4.79 Å². The summed E-state index contributed by atoms with van der Waals surface area (Å²) >= 11 is 0. The molecule has 29 heavy (non-hydrogen) atoms. The second-order valence-corrected chi connectivity index (χ2v) is 7.74. The number of aliphatic carboxylic acids is 1. The van der Waals surface area contributed by atoms with Crippen molar-refractivity contribution in [3.8, 4) is 0 Å². The quantitative estimate of drug-likeness (QED) is 0.524. The number of hydrogen-bond donors (Lipinski definition) is 1. The second-order valence-electron chi connectivity index (χ2n) is 7.74. The first-order valence-electron chi connectivity index (χ1n) is 10.3. The maximum atomic E-state index is 10.9. The van der Waals surface area contributed by atoms with Crippen LogP contribution >= 0.6 is 0 Å². The fourth-order valence-electron chi connectivity index (χ4n) is 4.13. The van der Waals surface area contributed by atoms with Crippen LogP contribution in [0.4, 0.5) is 11.5 Å². The molecule has 1 N–H and O–H groups in total. The summed E-state index contributed by atoms with van der Waals surface area (Å²) in [4.78, 5) is 18.1. The van der Waals surface area contributed by atoms with E-state index in [1.165, 1.54) is 38.2 Å². The van der Waals surface area contributed by atoms with Crippen LogP contribution in [0.3, 0.4) is 0 Å². The van der Waals surface area contributed by atoms with E-state index in [-0.39, 0.29) is 0 Å². The van der Waals surface area contributed by atoms with Gasteiger partial charge in [0.1, 0.15) is 5.82 Å². The molecule has 0 bridgehead atoms. The van der Waals surface area contributed by atoms with Gasteiger partial charge < -0.3 is 10.0 Å². The first kappa shape index (κ1) is 19.2. The van der Waals surface area contributed by atoms with E-state index >= 15 is 0 Å². The monoisotopic (exact) mass is 386 g/mol. The molecule has 1 fully saturated rings. The Morgan fingerprint density at radius 1 is 1.03 bits per heavy atom. The third kappa shape index (κ3) is 4.83. The van der Waals surface area contributed by atoms with Crippen molar-refractivity contribution in [1.29, 1.82) is 0 Å². The summed E-state index contributed by atoms with van der Waals surface area (Å²) in [5, 5.41) is 10.1. The minimum absolute atomic E-state index is 0.648. The Morgan fingerprint density at radius 3 is 2.69 bits per heavy atom. The fourth-order valence-corrected chi connectivity index (χ4v) is 4.13. The molecule has 4 nitrogen and oxygen atoms in total. The Bertz CT molecular complexity index is 1020. The van der Waals surface area contributed by atoms with Gasteiger partial charge in [0.2, 0.25) is 0 Å². The number of carboxylic acid groups (broad SMARTS) is 1. The molecule has 0 aliphatic heterocycles. The number of rotatable bonds is 6. The molecule has 1 aliphatic rings. The van der Waals surface area contributed by atoms with Gasteiger partial charge in [0.05, 0.1) is 5.52 Å². The highest BCUT2D eigenvalue weighted by molar-refractivity contribution is 5.86. The molecule has 0 amide bonds. The Morgan fingerprint density at radius 2 is 1.86 bits per heavy atom. The molecule has 2 aromatic carbocycles. The number of nitrogens with zero attached hydrogens (tertiary/aromatic N) is 2. The maximum Gasteiger partial charge on any atom is 0.328 e. The highest BCUT2D eigenvalue weighted by Gasteiger charge is 2.20. The van der Waals surface area contributed by atoms with Crippen LogP contribution in [-0.2, 0) is 4.79 Å². The van der Waals surface area contributed by atoms with Gasteiger partial charge in [-0.2, -0.15) is 0 Å². The maximum absolute atomic E-state index is 10.9. The highest BCUT2D eigenvalue weighted by Crippen LogP contribution is 2.32. The molecular weight excluding hydrogens is 360 g/mol. The molecule has 0 atom stereocenters. The zero-order chi connectivity index (χ0) is 20.1. The third-order valence-electron chi connectivity index (χ3n) is 5.63. The zero-order valence-electron chi connectivity index (χ0n) is 16.5. The van der Waals surface area contributed by atoms with Crippen molar-refractivity contribution >= 4 is 34.5 Å². The van der Waals surface area contributed by atoms with Crippen molar-refractivity contribution in [2.75, 3.05) is 11.4 Å². The lowest BCUT2D eigenvalue weighted by Gasteiger charge is -2.31. The lowest BCUT2D eigenvalue weighted by molar-refractivity contribution is -0.131. The van der Waals surface area contributed by atoms with E-state index in [2.05, 4.69) is 29.2 Å². The van der Waals surface area contributed by atoms with Gasteiger partial charge in [0.25, 0.3) is 0 Å². The van der Waals surface area contributed by atoms with E-state index < -0.39 is 5.97 Å². The van der Waals surface area contributed by atoms with Crippen LogP contribution in [0.5, 0.6) is 0 Å². The standard InChI is InChI=1S/C25H26N2O2/c28-25(29)16-13-19-9-6-11-22(17-19)27(18-20-7-2-1-3-8-20)24-15-14-21-10-4-5-12-23(21)26-24/h4-6,9-17,20H,1-3,7-8,18H2,(H,28,29)/b16-13+. The SMILES string of the molecule is O=C(O)/C=C/c1cccc(N(CC2CCCCC2)c2ccc3ccccc3n2)c1. The van der Waals surface area contributed by atoms with Crippen molar-refractivity contribution in [3.05, 3.63) is 72.3 Å². The topological polar surface area (TPSA) is 53.4 Å². The van der Waals surface area contributed by atoms with E-state index in [1.54, 1.807) is 6.08 Å². The van der Waals surface area contributed by atoms with Crippen molar-refractivity contribution in [2.24, 2.45) is 5.92 Å². The summed E-state index contributed by atoms with van der Waals surface area (Å²) < 4.78 is 0. The van der Waals surface area contributed by atoms with Crippen LogP contribution < -0.4 is 4.90 Å². The molecule has 4 rings (SSSR count). The van der Waals surface area contributed by atoms with Gasteiger partial charge in [0.15, 0.2) is 0 Å². The van der Waals surface area contributed by atoms with Gasteiger partial charge in [-0.15, -0.1) is 0 Å². The number of aromatic nitrogens is 1. The number of fused-ring (bicyclic) bond motifs is 1. The average molecular weight is 386 g/mol. The molecule has 0 saturated heterocycles. The van der Waals surface area contributed by atoms with Crippen LogP contribution in [0.1, 0.15) is 37.7 Å². The molecule has 1 aromatic heterocycles. The van der Waals surface area contributed by atoms with Crippen LogP contribution in [0.15, 0.2) is 66.7 Å². The molecule has 148 valence electrons. The highest BCUT2D eigenvalue weighted by atomic mass is 16.4. The molecule has 0 radical (unpaired) electrons. The summed E-state index contributed by atoms with van der Waals surface area (Å²) in [6.45, 7) is 0.928. The van der Waals surface area contributed by atoms with Gasteiger partial charge in [-0.25, -0.2) is 9.78 Å². The number of pyridine rings is 1. The molecule has 0 unspecified atom stereocenters. The Kier molecular flexibility index (Phi) is 5.89. The lowest BCUT2D eigenvalue weighted by atomic mass is 9.89. The molecule has 1 heterocycles. The Balaban J connectivity index is 1.71. The summed E-state index contributed by atoms with van der Waals surface area (Å²) in [7, 11) is 0. The van der Waals surface area contributed by atoms with E-state index in [4.69, 9.17) is 10.1 Å². The number of anilines is 2. The third-order valence-corrected chi connectivity index (χ3v) is 5.63. The van der Waals surface area contributed by atoms with Gasteiger partial charge >= 0.3 is 5.97 Å². The minimum Gasteiger partial charge on any atom is -0.478 e. The van der Waals surface area contributed by atoms with Crippen LogP contribution in [-0.4, -0.2) is 22.6 Å². The van der Waals surface area contributed by atoms with Crippen molar-refractivity contribution < 1.29 is 9.90 Å². The number of carbonyl (C=O) groups is 1. The molecule has 1 saturated carbocycles.